The molecule has 1 heterocycles. The van der Waals surface area contributed by atoms with Gasteiger partial charge in [-0.1, -0.05) is 20.8 Å². The molecule has 0 amide bonds. The normalized spacial score (nSPS) is 24.6. The van der Waals surface area contributed by atoms with Crippen LogP contribution in [0.3, 0.4) is 0 Å². The summed E-state index contributed by atoms with van der Waals surface area (Å²) in [7, 11) is 1.44. The summed E-state index contributed by atoms with van der Waals surface area (Å²) in [5.74, 6) is 0.163. The van der Waals surface area contributed by atoms with Gasteiger partial charge in [-0.15, -0.1) is 0 Å². The Labute approximate surface area is 122 Å². The van der Waals surface area contributed by atoms with Crippen LogP contribution in [0.4, 0.5) is 0 Å². The second-order valence-corrected chi connectivity index (χ2v) is 7.00. The molecule has 0 spiro atoms. The van der Waals surface area contributed by atoms with Gasteiger partial charge in [0.1, 0.15) is 0 Å². The minimum Gasteiger partial charge on any atom is -0.469 e. The lowest BCUT2D eigenvalue weighted by atomic mass is 9.90. The van der Waals surface area contributed by atoms with Gasteiger partial charge in [-0.05, 0) is 17.8 Å². The zero-order valence-corrected chi connectivity index (χ0v) is 13.3. The molecule has 1 aliphatic rings. The molecule has 1 aliphatic heterocycles. The van der Waals surface area contributed by atoms with Crippen molar-refractivity contribution in [2.45, 2.75) is 39.7 Å². The number of hydrogen-bond donors (Lipinski definition) is 2. The first-order valence-corrected chi connectivity index (χ1v) is 7.47. The molecule has 0 bridgehead atoms. The van der Waals surface area contributed by atoms with E-state index in [9.17, 15) is 4.79 Å². The highest BCUT2D eigenvalue weighted by molar-refractivity contribution is 5.69. The quantitative estimate of drug-likeness (QED) is 0.709. The van der Waals surface area contributed by atoms with E-state index in [0.717, 1.165) is 26.1 Å². The van der Waals surface area contributed by atoms with Gasteiger partial charge in [0.25, 0.3) is 0 Å². The molecule has 2 atom stereocenters. The van der Waals surface area contributed by atoms with Crippen molar-refractivity contribution >= 4 is 5.97 Å². The van der Waals surface area contributed by atoms with Gasteiger partial charge in [0.2, 0.25) is 0 Å². The van der Waals surface area contributed by atoms with E-state index < -0.39 is 0 Å². The number of nitrogens with one attached hydrogen (secondary N) is 1. The minimum absolute atomic E-state index is 0.143. The number of rotatable bonds is 6. The fourth-order valence-corrected chi connectivity index (χ4v) is 2.69. The molecule has 2 unspecified atom stereocenters. The highest BCUT2D eigenvalue weighted by Gasteiger charge is 2.29. The number of carbonyl (C=O) groups is 1. The van der Waals surface area contributed by atoms with Crippen molar-refractivity contribution in [3.8, 4) is 0 Å². The molecular formula is C15H30N2O3. The molecule has 5 nitrogen and oxygen atoms in total. The number of piperidine rings is 1. The van der Waals surface area contributed by atoms with E-state index in [1.165, 1.54) is 7.11 Å². The number of nitrogens with zero attached hydrogens (tertiary/aromatic N) is 1. The Balaban J connectivity index is 2.53. The van der Waals surface area contributed by atoms with E-state index in [-0.39, 0.29) is 18.0 Å². The first-order chi connectivity index (χ1) is 9.34. The molecule has 2 N–H and O–H groups in total. The third-order valence-corrected chi connectivity index (χ3v) is 3.63. The molecule has 20 heavy (non-hydrogen) atoms. The molecule has 0 aromatic rings. The van der Waals surface area contributed by atoms with Crippen LogP contribution in [-0.4, -0.2) is 61.9 Å². The van der Waals surface area contributed by atoms with Gasteiger partial charge in [0.15, 0.2) is 0 Å². The number of β-amino-alcohol motifs (C(OH)–C–C–N with tert-alkyl or cyclic N) is 1. The Morgan fingerprint density at radius 2 is 2.10 bits per heavy atom. The summed E-state index contributed by atoms with van der Waals surface area (Å²) in [6.45, 7) is 10.2. The molecule has 0 aromatic carbocycles. The van der Waals surface area contributed by atoms with Gasteiger partial charge in [0.05, 0.1) is 13.7 Å². The first kappa shape index (κ1) is 17.4. The molecule has 0 saturated carbocycles. The number of esters is 1. The molecular weight excluding hydrogens is 256 g/mol. The molecule has 1 fully saturated rings. The average molecular weight is 286 g/mol. The van der Waals surface area contributed by atoms with Crippen molar-refractivity contribution in [1.29, 1.82) is 0 Å². The summed E-state index contributed by atoms with van der Waals surface area (Å²) < 4.78 is 4.77. The van der Waals surface area contributed by atoms with E-state index in [1.807, 2.05) is 0 Å². The van der Waals surface area contributed by atoms with Crippen molar-refractivity contribution in [2.24, 2.45) is 11.3 Å². The first-order valence-electron chi connectivity index (χ1n) is 7.47. The van der Waals surface area contributed by atoms with Crippen LogP contribution < -0.4 is 5.32 Å². The van der Waals surface area contributed by atoms with Crippen molar-refractivity contribution < 1.29 is 14.6 Å². The monoisotopic (exact) mass is 286 g/mol. The van der Waals surface area contributed by atoms with Crippen molar-refractivity contribution in [2.75, 3.05) is 39.9 Å². The van der Waals surface area contributed by atoms with Gasteiger partial charge in [-0.3, -0.25) is 9.69 Å². The standard InChI is InChI=1S/C15H30N2O3/c1-15(2,3)11-16-13-7-12(8-14(19)20-4)9-17(10-13)5-6-18/h12-13,16,18H,5-11H2,1-4H3. The van der Waals surface area contributed by atoms with E-state index in [0.29, 0.717) is 24.9 Å². The predicted molar refractivity (Wildman–Crippen MR) is 79.5 cm³/mol. The van der Waals surface area contributed by atoms with E-state index in [4.69, 9.17) is 9.84 Å². The zero-order valence-electron chi connectivity index (χ0n) is 13.3. The third-order valence-electron chi connectivity index (χ3n) is 3.63. The molecule has 118 valence electrons. The Bertz CT molecular complexity index is 302. The average Bonchev–Trinajstić information content (AvgIpc) is 2.35. The van der Waals surface area contributed by atoms with Crippen molar-refractivity contribution in [1.82, 2.24) is 10.2 Å². The molecule has 0 aromatic heterocycles. The van der Waals surface area contributed by atoms with Gasteiger partial charge in [0, 0.05) is 38.6 Å². The lowest BCUT2D eigenvalue weighted by molar-refractivity contribution is -0.142. The minimum atomic E-state index is -0.143. The van der Waals surface area contributed by atoms with Gasteiger partial charge < -0.3 is 15.2 Å². The number of aliphatic hydroxyl groups excluding tert-OH is 1. The van der Waals surface area contributed by atoms with E-state index >= 15 is 0 Å². The molecule has 0 radical (unpaired) electrons. The smallest absolute Gasteiger partial charge is 0.305 e. The summed E-state index contributed by atoms with van der Waals surface area (Å²) >= 11 is 0. The number of methoxy groups -OCH3 is 1. The van der Waals surface area contributed by atoms with Crippen LogP contribution >= 0.6 is 0 Å². The van der Waals surface area contributed by atoms with Crippen LogP contribution in [0, 0.1) is 11.3 Å². The Hall–Kier alpha value is -0.650. The number of hydrogen-bond acceptors (Lipinski definition) is 5. The summed E-state index contributed by atoms with van der Waals surface area (Å²) in [6, 6.07) is 0.379. The zero-order chi connectivity index (χ0) is 15.2. The molecule has 0 aliphatic carbocycles. The maximum atomic E-state index is 11.5. The van der Waals surface area contributed by atoms with Crippen LogP contribution in [-0.2, 0) is 9.53 Å². The summed E-state index contributed by atoms with van der Waals surface area (Å²) in [4.78, 5) is 13.7. The largest absolute Gasteiger partial charge is 0.469 e. The van der Waals surface area contributed by atoms with Crippen LogP contribution in [0.25, 0.3) is 0 Å². The van der Waals surface area contributed by atoms with Gasteiger partial charge >= 0.3 is 5.97 Å². The maximum Gasteiger partial charge on any atom is 0.305 e. The maximum absolute atomic E-state index is 11.5. The topological polar surface area (TPSA) is 61.8 Å². The van der Waals surface area contributed by atoms with Gasteiger partial charge in [-0.2, -0.15) is 0 Å². The summed E-state index contributed by atoms with van der Waals surface area (Å²) in [5.41, 5.74) is 0.247. The second-order valence-electron chi connectivity index (χ2n) is 7.00. The third kappa shape index (κ3) is 6.68. The van der Waals surface area contributed by atoms with E-state index in [1.54, 1.807) is 0 Å². The number of likely N-dealkylation sites (tertiary alicyclic amines) is 1. The highest BCUT2D eigenvalue weighted by atomic mass is 16.5. The fourth-order valence-electron chi connectivity index (χ4n) is 2.69. The number of aliphatic hydroxyl groups is 1. The highest BCUT2D eigenvalue weighted by Crippen LogP contribution is 2.21. The fraction of sp³-hybridized carbons (Fsp3) is 0.933. The SMILES string of the molecule is COC(=O)CC1CC(NCC(C)(C)C)CN(CCO)C1. The lowest BCUT2D eigenvalue weighted by Gasteiger charge is -2.38. The van der Waals surface area contributed by atoms with Crippen LogP contribution in [0.2, 0.25) is 0 Å². The molecule has 5 heteroatoms. The van der Waals surface area contributed by atoms with Crippen molar-refractivity contribution in [3.05, 3.63) is 0 Å². The lowest BCUT2D eigenvalue weighted by Crippen LogP contribution is -2.51. The number of ether oxygens (including phenoxy) is 1. The summed E-state index contributed by atoms with van der Waals surface area (Å²) in [6.07, 6.45) is 1.46. The Kier molecular flexibility index (Phi) is 6.92. The Morgan fingerprint density at radius 1 is 1.40 bits per heavy atom. The molecule has 1 rings (SSSR count). The number of carbonyl (C=O) groups excluding carboxylic acids is 1. The Morgan fingerprint density at radius 3 is 2.65 bits per heavy atom. The van der Waals surface area contributed by atoms with Crippen LogP contribution in [0.5, 0.6) is 0 Å². The van der Waals surface area contributed by atoms with Crippen LogP contribution in [0.1, 0.15) is 33.6 Å². The molecule has 1 saturated heterocycles. The predicted octanol–water partition coefficient (Wildman–Crippen LogP) is 0.868. The second kappa shape index (κ2) is 7.96. The van der Waals surface area contributed by atoms with Crippen molar-refractivity contribution in [3.63, 3.8) is 0 Å². The van der Waals surface area contributed by atoms with Gasteiger partial charge in [-0.25, -0.2) is 0 Å². The van der Waals surface area contributed by atoms with E-state index in [2.05, 4.69) is 31.0 Å². The summed E-state index contributed by atoms with van der Waals surface area (Å²) in [5, 5.41) is 12.7. The van der Waals surface area contributed by atoms with Crippen LogP contribution in [0.15, 0.2) is 0 Å².